The molecule has 0 N–H and O–H groups in total. The van der Waals surface area contributed by atoms with Gasteiger partial charge >= 0.3 is 0 Å². The first-order valence-corrected chi connectivity index (χ1v) is 0. The van der Waals surface area contributed by atoms with Crippen LogP contribution in [0.25, 0.3) is 0 Å². The molecule has 14 heavy (non-hydrogen) atoms. The Labute approximate surface area is 409 Å². The van der Waals surface area contributed by atoms with Gasteiger partial charge in [-0.2, -0.15) is 0 Å². The first-order chi connectivity index (χ1) is 0. The second-order valence-corrected chi connectivity index (χ2v) is 0. The monoisotopic (exact) mass is 1380 g/mol. The summed E-state index contributed by atoms with van der Waals surface area (Å²) in [5.41, 5.74) is 0. The molecule has 0 saturated heterocycles. The van der Waals surface area contributed by atoms with Crippen LogP contribution in [0.4, 0.5) is 0 Å². The first kappa shape index (κ1) is 105. The van der Waals surface area contributed by atoms with Gasteiger partial charge in [-0.3, -0.25) is 0 Å². The van der Waals surface area contributed by atoms with Gasteiger partial charge in [0.15, 0.2) is 0 Å². The Morgan fingerprint density at radius 1 is 0.143 bits per heavy atom. The van der Waals surface area contributed by atoms with E-state index in [1.165, 1.54) is 0 Å². The molecule has 0 aliphatic rings. The zero-order valence-electron chi connectivity index (χ0n) is 7.09. The van der Waals surface area contributed by atoms with E-state index in [2.05, 4.69) is 0 Å². The van der Waals surface area contributed by atoms with Crippen LogP contribution in [0, 0.1) is 247 Å². The second-order valence-electron chi connectivity index (χ2n) is 0. The summed E-state index contributed by atoms with van der Waals surface area (Å²) in [7, 11) is 0. The van der Waals surface area contributed by atoms with Crippen LogP contribution in [0.2, 0.25) is 0 Å². The summed E-state index contributed by atoms with van der Waals surface area (Å²) in [6.45, 7) is 0. The van der Waals surface area contributed by atoms with Gasteiger partial charge in [-0.15, -0.1) is 0 Å². The van der Waals surface area contributed by atoms with Gasteiger partial charge in [0, 0.05) is 425 Å². The zero-order valence-corrected chi connectivity index (χ0v) is 41.0. The predicted octanol–water partition coefficient (Wildman–Crippen LogP) is -3.43. The van der Waals surface area contributed by atoms with E-state index in [9.17, 15) is 0 Å². The molecule has 0 rings (SSSR count). The largest absolute Gasteiger partial charge is 0 e. The van der Waals surface area contributed by atoms with Crippen LogP contribution in [0.15, 0.2) is 0 Å². The molecular formula is Eu5Ga9. The van der Waals surface area contributed by atoms with E-state index < -0.39 is 0 Å². The molecule has 0 aromatic carbocycles. The maximum atomic E-state index is 0. The minimum atomic E-state index is 0. The van der Waals surface area contributed by atoms with E-state index in [0.717, 1.165) is 0 Å². The van der Waals surface area contributed by atoms with Crippen LogP contribution in [-0.4, -0.2) is 178 Å². The molecule has 0 saturated carbocycles. The van der Waals surface area contributed by atoms with Crippen molar-refractivity contribution in [3.63, 3.8) is 0 Å². The third-order valence-electron chi connectivity index (χ3n) is 0. The van der Waals surface area contributed by atoms with E-state index in [4.69, 9.17) is 0 Å². The number of rotatable bonds is 0. The average Bonchev–Trinajstić information content (AvgIpc) is 0. The Bertz CT molecular complexity index is 13.2. The smallest absolute Gasteiger partial charge is 0 e. The van der Waals surface area contributed by atoms with Crippen molar-refractivity contribution in [1.82, 2.24) is 0 Å². The molecule has 32 radical (unpaired) electrons. The summed E-state index contributed by atoms with van der Waals surface area (Å²) in [5, 5.41) is 0. The van der Waals surface area contributed by atoms with Crippen molar-refractivity contribution in [3.05, 3.63) is 0 Å². The van der Waals surface area contributed by atoms with E-state index in [0.29, 0.717) is 0 Å². The molecule has 0 unspecified atom stereocenters. The summed E-state index contributed by atoms with van der Waals surface area (Å²) in [5.74, 6) is 0. The summed E-state index contributed by atoms with van der Waals surface area (Å²) in [6.07, 6.45) is 0. The quantitative estimate of drug-likeness (QED) is 0.222. The average molecular weight is 1390 g/mol. The molecule has 0 bridgehead atoms. The molecule has 14 heteroatoms. The molecule has 62 valence electrons. The third-order valence-corrected chi connectivity index (χ3v) is 0. The Morgan fingerprint density at radius 2 is 0.143 bits per heavy atom. The molecule has 0 aliphatic carbocycles. The second kappa shape index (κ2) is 94.1. The molecule has 0 spiro atoms. The standard InChI is InChI=1S/5Eu.9Ga. The zero-order chi connectivity index (χ0) is 0. The van der Waals surface area contributed by atoms with Crippen molar-refractivity contribution in [2.75, 3.05) is 0 Å². The number of hydrogen-bond acceptors (Lipinski definition) is 0. The summed E-state index contributed by atoms with van der Waals surface area (Å²) in [4.78, 5) is 0. The van der Waals surface area contributed by atoms with Gasteiger partial charge in [-0.05, 0) is 0 Å². The predicted molar refractivity (Wildman–Crippen MR) is 51.8 cm³/mol. The first-order valence-electron chi connectivity index (χ1n) is 0. The van der Waals surface area contributed by atoms with Gasteiger partial charge in [0.1, 0.15) is 0 Å². The third kappa shape index (κ3) is 83.6. The van der Waals surface area contributed by atoms with Gasteiger partial charge in [0.25, 0.3) is 0 Å². The van der Waals surface area contributed by atoms with E-state index in [1.54, 1.807) is 0 Å². The molecule has 0 heterocycles. The van der Waals surface area contributed by atoms with Crippen molar-refractivity contribution in [3.8, 4) is 0 Å². The fraction of sp³-hybridized carbons (Fsp3) is 0. The van der Waals surface area contributed by atoms with Crippen molar-refractivity contribution in [2.24, 2.45) is 0 Å². The maximum absolute atomic E-state index is 0. The number of hydrogen-bond donors (Lipinski definition) is 0. The Balaban J connectivity index is 0. The van der Waals surface area contributed by atoms with Crippen LogP contribution >= 0.6 is 0 Å². The van der Waals surface area contributed by atoms with Gasteiger partial charge in [0.05, 0.1) is 0 Å². The molecular weight excluding hydrogens is 1390 g/mol. The van der Waals surface area contributed by atoms with Crippen LogP contribution in [0.5, 0.6) is 0 Å². The van der Waals surface area contributed by atoms with Crippen LogP contribution < -0.4 is 0 Å². The van der Waals surface area contributed by atoms with Crippen LogP contribution in [0.1, 0.15) is 0 Å². The molecule has 0 atom stereocenters. The normalized spacial score (nSPS) is 0. The van der Waals surface area contributed by atoms with Gasteiger partial charge in [-0.25, -0.2) is 0 Å². The van der Waals surface area contributed by atoms with Gasteiger partial charge < -0.3 is 0 Å². The van der Waals surface area contributed by atoms with E-state index in [-0.39, 0.29) is 425 Å². The topological polar surface area (TPSA) is 0 Å². The fourth-order valence-electron chi connectivity index (χ4n) is 0. The minimum Gasteiger partial charge on any atom is 0 e. The van der Waals surface area contributed by atoms with E-state index >= 15 is 0 Å². The molecule has 0 aromatic rings. The Kier molecular flexibility index (Phi) is 708. The van der Waals surface area contributed by atoms with Gasteiger partial charge in [0.2, 0.25) is 0 Å². The van der Waals surface area contributed by atoms with Crippen molar-refractivity contribution in [2.45, 2.75) is 0 Å². The Morgan fingerprint density at radius 3 is 0.143 bits per heavy atom. The van der Waals surface area contributed by atoms with Crippen molar-refractivity contribution >= 4 is 178 Å². The summed E-state index contributed by atoms with van der Waals surface area (Å²) in [6, 6.07) is 0. The molecule has 0 fully saturated rings. The fourth-order valence-corrected chi connectivity index (χ4v) is 0. The van der Waals surface area contributed by atoms with Gasteiger partial charge in [-0.1, -0.05) is 0 Å². The SMILES string of the molecule is [Eu].[Eu].[Eu].[Eu].[Eu].[Ga].[Ga].[Ga].[Ga].[Ga].[Ga].[Ga].[Ga].[Ga]. The summed E-state index contributed by atoms with van der Waals surface area (Å²) < 4.78 is 0. The van der Waals surface area contributed by atoms with Crippen LogP contribution in [0.3, 0.4) is 0 Å². The summed E-state index contributed by atoms with van der Waals surface area (Å²) >= 11 is 0. The molecule has 0 aliphatic heterocycles. The van der Waals surface area contributed by atoms with Crippen molar-refractivity contribution < 1.29 is 247 Å². The molecule has 0 aromatic heterocycles. The van der Waals surface area contributed by atoms with E-state index in [1.807, 2.05) is 0 Å². The minimum absolute atomic E-state index is 0. The van der Waals surface area contributed by atoms with Crippen molar-refractivity contribution in [1.29, 1.82) is 0 Å². The van der Waals surface area contributed by atoms with Crippen LogP contribution in [-0.2, 0) is 0 Å². The molecule has 0 nitrogen and oxygen atoms in total. The Hall–Kier alpha value is 13.6. The molecule has 0 amide bonds. The maximum Gasteiger partial charge on any atom is 0 e.